The lowest BCUT2D eigenvalue weighted by atomic mass is 9.96. The minimum absolute atomic E-state index is 0.109. The molecule has 164 valence electrons. The van der Waals surface area contributed by atoms with Gasteiger partial charge in [-0.1, -0.05) is 48.5 Å². The van der Waals surface area contributed by atoms with Crippen molar-refractivity contribution in [3.63, 3.8) is 0 Å². The summed E-state index contributed by atoms with van der Waals surface area (Å²) in [5.74, 6) is 0.221. The Morgan fingerprint density at radius 3 is 2.50 bits per heavy atom. The van der Waals surface area contributed by atoms with Crippen LogP contribution in [0.1, 0.15) is 18.4 Å². The van der Waals surface area contributed by atoms with Gasteiger partial charge in [-0.15, -0.1) is 0 Å². The molecule has 0 spiro atoms. The van der Waals surface area contributed by atoms with Crippen molar-refractivity contribution in [2.24, 2.45) is 5.92 Å². The lowest BCUT2D eigenvalue weighted by Crippen LogP contribution is -2.50. The van der Waals surface area contributed by atoms with Gasteiger partial charge in [0, 0.05) is 37.6 Å². The Kier molecular flexibility index (Phi) is 7.07. The molecule has 1 aliphatic rings. The van der Waals surface area contributed by atoms with Gasteiger partial charge in [0.25, 0.3) is 0 Å². The van der Waals surface area contributed by atoms with Crippen molar-refractivity contribution in [1.29, 1.82) is 0 Å². The highest BCUT2D eigenvalue weighted by molar-refractivity contribution is 5.97. The van der Waals surface area contributed by atoms with E-state index in [9.17, 15) is 9.59 Å². The molecule has 0 saturated carbocycles. The summed E-state index contributed by atoms with van der Waals surface area (Å²) in [4.78, 5) is 36.8. The zero-order chi connectivity index (χ0) is 22.2. The summed E-state index contributed by atoms with van der Waals surface area (Å²) in [6.07, 6.45) is 7.09. The predicted octanol–water partition coefficient (Wildman–Crippen LogP) is 3.06. The first-order valence-electron chi connectivity index (χ1n) is 10.9. The first kappa shape index (κ1) is 21.5. The highest BCUT2D eigenvalue weighted by Crippen LogP contribution is 2.21. The van der Waals surface area contributed by atoms with Crippen molar-refractivity contribution in [3.8, 4) is 0 Å². The topological polar surface area (TPSA) is 87.2 Å². The number of anilines is 2. The molecule has 2 heterocycles. The van der Waals surface area contributed by atoms with Crippen molar-refractivity contribution in [2.75, 3.05) is 23.3 Å². The van der Waals surface area contributed by atoms with Crippen LogP contribution >= 0.6 is 0 Å². The molecular formula is C25H27N5O2. The van der Waals surface area contributed by atoms with E-state index in [-0.39, 0.29) is 17.7 Å². The molecular weight excluding hydrogens is 402 g/mol. The summed E-state index contributed by atoms with van der Waals surface area (Å²) in [6, 6.07) is 18.3. The fourth-order valence-corrected chi connectivity index (χ4v) is 3.95. The number of hydrogen-bond acceptors (Lipinski definition) is 5. The zero-order valence-corrected chi connectivity index (χ0v) is 17.9. The van der Waals surface area contributed by atoms with Crippen LogP contribution in [0.4, 0.5) is 11.5 Å². The third-order valence-electron chi connectivity index (χ3n) is 5.62. The number of amides is 2. The van der Waals surface area contributed by atoms with Gasteiger partial charge in [-0.05, 0) is 30.5 Å². The summed E-state index contributed by atoms with van der Waals surface area (Å²) in [5, 5.41) is 5.94. The molecule has 32 heavy (non-hydrogen) atoms. The largest absolute Gasteiger partial charge is 0.355 e. The molecule has 0 aliphatic carbocycles. The van der Waals surface area contributed by atoms with Gasteiger partial charge in [0.05, 0.1) is 12.1 Å². The van der Waals surface area contributed by atoms with Crippen LogP contribution in [0.5, 0.6) is 0 Å². The molecule has 2 atom stereocenters. The Labute approximate surface area is 187 Å². The fraction of sp³-hybridized carbons (Fsp3) is 0.280. The maximum Gasteiger partial charge on any atom is 0.247 e. The number of carbonyl (C=O) groups excluding carboxylic acids is 2. The van der Waals surface area contributed by atoms with E-state index >= 15 is 0 Å². The van der Waals surface area contributed by atoms with Gasteiger partial charge in [-0.25, -0.2) is 4.98 Å². The molecule has 0 bridgehead atoms. The van der Waals surface area contributed by atoms with Crippen LogP contribution in [0.25, 0.3) is 0 Å². The van der Waals surface area contributed by atoms with Crippen LogP contribution in [-0.4, -0.2) is 40.9 Å². The van der Waals surface area contributed by atoms with Gasteiger partial charge in [-0.2, -0.15) is 0 Å². The van der Waals surface area contributed by atoms with Crippen molar-refractivity contribution >= 4 is 23.3 Å². The van der Waals surface area contributed by atoms with Gasteiger partial charge in [-0.3, -0.25) is 14.6 Å². The second kappa shape index (κ2) is 10.5. The molecule has 1 fully saturated rings. The number of piperidine rings is 1. The summed E-state index contributed by atoms with van der Waals surface area (Å²) in [7, 11) is 0. The van der Waals surface area contributed by atoms with Crippen molar-refractivity contribution in [3.05, 3.63) is 84.8 Å². The molecule has 4 rings (SSSR count). The predicted molar refractivity (Wildman–Crippen MR) is 124 cm³/mol. The van der Waals surface area contributed by atoms with E-state index in [2.05, 4.69) is 25.5 Å². The van der Waals surface area contributed by atoms with Crippen molar-refractivity contribution < 1.29 is 9.59 Å². The summed E-state index contributed by atoms with van der Waals surface area (Å²) in [5.41, 5.74) is 1.70. The summed E-state index contributed by atoms with van der Waals surface area (Å²) in [6.45, 7) is 1.40. The Hall–Kier alpha value is -3.74. The van der Waals surface area contributed by atoms with Gasteiger partial charge in [0.1, 0.15) is 11.9 Å². The molecule has 2 unspecified atom stereocenters. The summed E-state index contributed by atoms with van der Waals surface area (Å²) >= 11 is 0. The zero-order valence-electron chi connectivity index (χ0n) is 17.9. The quantitative estimate of drug-likeness (QED) is 0.603. The minimum Gasteiger partial charge on any atom is -0.355 e. The van der Waals surface area contributed by atoms with Crippen LogP contribution in [0.3, 0.4) is 0 Å². The second-order valence-electron chi connectivity index (χ2n) is 7.95. The number of aromatic nitrogens is 2. The molecule has 7 nitrogen and oxygen atoms in total. The molecule has 2 N–H and O–H groups in total. The summed E-state index contributed by atoms with van der Waals surface area (Å²) < 4.78 is 0. The van der Waals surface area contributed by atoms with Crippen LogP contribution in [0, 0.1) is 5.92 Å². The van der Waals surface area contributed by atoms with Gasteiger partial charge >= 0.3 is 0 Å². The monoisotopic (exact) mass is 429 g/mol. The average molecular weight is 430 g/mol. The SMILES string of the molecule is O=C(NC(Cc1ccccc1)C(=O)Nc1ccccc1)C1CCCN(c2cnccn2)C1. The average Bonchev–Trinajstić information content (AvgIpc) is 2.85. The number of nitrogens with zero attached hydrogens (tertiary/aromatic N) is 3. The van der Waals surface area contributed by atoms with Crippen molar-refractivity contribution in [1.82, 2.24) is 15.3 Å². The molecule has 2 amide bonds. The highest BCUT2D eigenvalue weighted by atomic mass is 16.2. The first-order valence-corrected chi connectivity index (χ1v) is 10.9. The number of hydrogen-bond donors (Lipinski definition) is 2. The second-order valence-corrected chi connectivity index (χ2v) is 7.95. The first-order chi connectivity index (χ1) is 15.7. The molecule has 7 heteroatoms. The maximum absolute atomic E-state index is 13.2. The Bertz CT molecular complexity index is 1010. The third kappa shape index (κ3) is 5.69. The minimum atomic E-state index is -0.669. The lowest BCUT2D eigenvalue weighted by Gasteiger charge is -2.33. The number of rotatable bonds is 7. The van der Waals surface area contributed by atoms with Crippen molar-refractivity contribution in [2.45, 2.75) is 25.3 Å². The number of benzene rings is 2. The van der Waals surface area contributed by atoms with Crippen LogP contribution in [0.2, 0.25) is 0 Å². The standard InChI is InChI=1S/C25H27N5O2/c31-24(20-10-7-15-30(18-20)23-17-26-13-14-27-23)29-22(16-19-8-3-1-4-9-19)25(32)28-21-11-5-2-6-12-21/h1-6,8-9,11-14,17,20,22H,7,10,15-16,18H2,(H,28,32)(H,29,31). The van der Waals surface area contributed by atoms with Gasteiger partial charge in [0.15, 0.2) is 0 Å². The molecule has 3 aromatic rings. The van der Waals surface area contributed by atoms with Crippen LogP contribution in [0.15, 0.2) is 79.3 Å². The lowest BCUT2D eigenvalue weighted by molar-refractivity contribution is -0.129. The van der Waals surface area contributed by atoms with E-state index in [0.29, 0.717) is 18.7 Å². The van der Waals surface area contributed by atoms with Gasteiger partial charge < -0.3 is 15.5 Å². The molecule has 1 saturated heterocycles. The van der Waals surface area contributed by atoms with Crippen LogP contribution < -0.4 is 15.5 Å². The van der Waals surface area contributed by atoms with E-state index in [1.165, 1.54) is 0 Å². The fourth-order valence-electron chi connectivity index (χ4n) is 3.95. The van der Waals surface area contributed by atoms with E-state index in [0.717, 1.165) is 30.8 Å². The number of carbonyl (C=O) groups is 2. The molecule has 1 aliphatic heterocycles. The Morgan fingerprint density at radius 2 is 1.78 bits per heavy atom. The smallest absolute Gasteiger partial charge is 0.247 e. The van der Waals surface area contributed by atoms with E-state index in [4.69, 9.17) is 0 Å². The van der Waals surface area contributed by atoms with E-state index < -0.39 is 6.04 Å². The number of para-hydroxylation sites is 1. The van der Waals surface area contributed by atoms with Crippen LogP contribution in [-0.2, 0) is 16.0 Å². The molecule has 2 aromatic carbocycles. The maximum atomic E-state index is 13.2. The Morgan fingerprint density at radius 1 is 1.03 bits per heavy atom. The van der Waals surface area contributed by atoms with E-state index in [1.807, 2.05) is 60.7 Å². The van der Waals surface area contributed by atoms with Gasteiger partial charge in [0.2, 0.25) is 11.8 Å². The normalized spacial score (nSPS) is 16.8. The molecule has 1 aromatic heterocycles. The van der Waals surface area contributed by atoms with E-state index in [1.54, 1.807) is 18.6 Å². The molecule has 0 radical (unpaired) electrons. The number of nitrogens with one attached hydrogen (secondary N) is 2. The third-order valence-corrected chi connectivity index (χ3v) is 5.62. The Balaban J connectivity index is 1.45. The highest BCUT2D eigenvalue weighted by Gasteiger charge is 2.30.